The second-order valence-corrected chi connectivity index (χ2v) is 5.23. The number of nitrogens with zero attached hydrogens (tertiary/aromatic N) is 2. The Kier molecular flexibility index (Phi) is 3.00. The molecule has 0 radical (unpaired) electrons. The van der Waals surface area contributed by atoms with Crippen LogP contribution in [-0.4, -0.2) is 46.9 Å². The number of ether oxygens (including phenoxy) is 1. The molecule has 3 rings (SSSR count). The van der Waals surface area contributed by atoms with E-state index in [-0.39, 0.29) is 23.7 Å². The number of likely N-dealkylation sites (tertiary alicyclic amines) is 1. The van der Waals surface area contributed by atoms with Gasteiger partial charge in [-0.1, -0.05) is 0 Å². The number of esters is 1. The first-order chi connectivity index (χ1) is 9.19. The Morgan fingerprint density at radius 3 is 2.95 bits per heavy atom. The zero-order valence-corrected chi connectivity index (χ0v) is 10.9. The zero-order chi connectivity index (χ0) is 13.4. The van der Waals surface area contributed by atoms with E-state index in [1.807, 2.05) is 0 Å². The van der Waals surface area contributed by atoms with Crippen molar-refractivity contribution >= 4 is 11.9 Å². The molecule has 1 aliphatic carbocycles. The summed E-state index contributed by atoms with van der Waals surface area (Å²) in [6.07, 6.45) is 4.11. The maximum atomic E-state index is 12.3. The van der Waals surface area contributed by atoms with Crippen LogP contribution in [0.2, 0.25) is 0 Å². The number of methoxy groups -OCH3 is 1. The van der Waals surface area contributed by atoms with Gasteiger partial charge in [-0.15, -0.1) is 0 Å². The standard InChI is InChI=1S/C13H17N3O3/c1-19-13(18)9-5-16(6-9)12(17)8-2-3-10-11(4-8)15-7-14-10/h7-9H,2-6H2,1H3,(H,14,15). The van der Waals surface area contributed by atoms with Crippen molar-refractivity contribution in [3.8, 4) is 0 Å². The molecule has 2 heterocycles. The molecule has 1 aromatic heterocycles. The van der Waals surface area contributed by atoms with E-state index < -0.39 is 0 Å². The minimum atomic E-state index is -0.219. The normalized spacial score (nSPS) is 22.6. The molecule has 1 amide bonds. The number of amides is 1. The second-order valence-electron chi connectivity index (χ2n) is 5.23. The predicted molar refractivity (Wildman–Crippen MR) is 66.2 cm³/mol. The first kappa shape index (κ1) is 12.2. The third kappa shape index (κ3) is 2.11. The van der Waals surface area contributed by atoms with Crippen molar-refractivity contribution in [3.05, 3.63) is 17.7 Å². The lowest BCUT2D eigenvalue weighted by atomic mass is 9.87. The van der Waals surface area contributed by atoms with Gasteiger partial charge < -0.3 is 14.6 Å². The highest BCUT2D eigenvalue weighted by molar-refractivity contribution is 5.83. The van der Waals surface area contributed by atoms with Gasteiger partial charge in [0.15, 0.2) is 0 Å². The van der Waals surface area contributed by atoms with E-state index in [9.17, 15) is 9.59 Å². The van der Waals surface area contributed by atoms with Crippen LogP contribution in [-0.2, 0) is 27.2 Å². The van der Waals surface area contributed by atoms with Crippen molar-refractivity contribution in [2.45, 2.75) is 19.3 Å². The first-order valence-corrected chi connectivity index (χ1v) is 6.56. The van der Waals surface area contributed by atoms with Gasteiger partial charge in [0, 0.05) is 31.1 Å². The van der Waals surface area contributed by atoms with E-state index in [4.69, 9.17) is 0 Å². The molecule has 6 heteroatoms. The van der Waals surface area contributed by atoms with E-state index in [0.29, 0.717) is 13.1 Å². The first-order valence-electron chi connectivity index (χ1n) is 6.56. The highest BCUT2D eigenvalue weighted by Gasteiger charge is 2.39. The van der Waals surface area contributed by atoms with Gasteiger partial charge in [0.05, 0.1) is 25.0 Å². The van der Waals surface area contributed by atoms with Gasteiger partial charge in [0.2, 0.25) is 5.91 Å². The number of hydrogen-bond donors (Lipinski definition) is 1. The molecule has 1 aliphatic heterocycles. The summed E-state index contributed by atoms with van der Waals surface area (Å²) in [5, 5.41) is 0. The number of imidazole rings is 1. The van der Waals surface area contributed by atoms with Gasteiger partial charge in [-0.05, 0) is 12.8 Å². The van der Waals surface area contributed by atoms with Gasteiger partial charge in [-0.2, -0.15) is 0 Å². The van der Waals surface area contributed by atoms with Crippen LogP contribution >= 0.6 is 0 Å². The summed E-state index contributed by atoms with van der Waals surface area (Å²) in [7, 11) is 1.38. The molecule has 1 unspecified atom stereocenters. The predicted octanol–water partition coefficient (Wildman–Crippen LogP) is 0.146. The quantitative estimate of drug-likeness (QED) is 0.770. The van der Waals surface area contributed by atoms with Crippen LogP contribution < -0.4 is 0 Å². The van der Waals surface area contributed by atoms with Crippen LogP contribution in [0.3, 0.4) is 0 Å². The lowest BCUT2D eigenvalue weighted by molar-refractivity contribution is -0.157. The van der Waals surface area contributed by atoms with Crippen LogP contribution in [0.4, 0.5) is 0 Å². The van der Waals surface area contributed by atoms with Crippen molar-refractivity contribution in [2.24, 2.45) is 11.8 Å². The number of aromatic nitrogens is 2. The molecule has 2 aliphatic rings. The average Bonchev–Trinajstić information content (AvgIpc) is 2.83. The van der Waals surface area contributed by atoms with E-state index in [1.54, 1.807) is 11.2 Å². The summed E-state index contributed by atoms with van der Waals surface area (Å²) in [6, 6.07) is 0. The van der Waals surface area contributed by atoms with E-state index in [1.165, 1.54) is 7.11 Å². The zero-order valence-electron chi connectivity index (χ0n) is 10.9. The summed E-state index contributed by atoms with van der Waals surface area (Å²) >= 11 is 0. The summed E-state index contributed by atoms with van der Waals surface area (Å²) in [5.41, 5.74) is 2.16. The maximum absolute atomic E-state index is 12.3. The van der Waals surface area contributed by atoms with Gasteiger partial charge >= 0.3 is 5.97 Å². The van der Waals surface area contributed by atoms with Crippen molar-refractivity contribution in [2.75, 3.05) is 20.2 Å². The number of H-pyrrole nitrogens is 1. The molecular weight excluding hydrogens is 246 g/mol. The Labute approximate surface area is 111 Å². The summed E-state index contributed by atoms with van der Waals surface area (Å²) < 4.78 is 4.67. The summed E-state index contributed by atoms with van der Waals surface area (Å²) in [6.45, 7) is 0.996. The number of rotatable bonds is 2. The van der Waals surface area contributed by atoms with E-state index in [0.717, 1.165) is 30.7 Å². The fourth-order valence-electron chi connectivity index (χ4n) is 2.84. The average molecular weight is 263 g/mol. The molecule has 1 N–H and O–H groups in total. The Hall–Kier alpha value is -1.85. The van der Waals surface area contributed by atoms with Crippen molar-refractivity contribution in [1.29, 1.82) is 0 Å². The van der Waals surface area contributed by atoms with Gasteiger partial charge in [0.1, 0.15) is 0 Å². The molecule has 0 bridgehead atoms. The smallest absolute Gasteiger partial charge is 0.312 e. The molecule has 0 aromatic carbocycles. The fourth-order valence-corrected chi connectivity index (χ4v) is 2.84. The van der Waals surface area contributed by atoms with Crippen molar-refractivity contribution < 1.29 is 14.3 Å². The number of aryl methyl sites for hydroxylation is 1. The molecule has 0 spiro atoms. The lowest BCUT2D eigenvalue weighted by Gasteiger charge is -2.39. The molecule has 1 fully saturated rings. The third-order valence-corrected chi connectivity index (χ3v) is 4.06. The highest BCUT2D eigenvalue weighted by atomic mass is 16.5. The van der Waals surface area contributed by atoms with Crippen LogP contribution in [0, 0.1) is 11.8 Å². The Morgan fingerprint density at radius 1 is 1.42 bits per heavy atom. The second kappa shape index (κ2) is 4.68. The van der Waals surface area contributed by atoms with Crippen molar-refractivity contribution in [1.82, 2.24) is 14.9 Å². The molecule has 6 nitrogen and oxygen atoms in total. The Balaban J connectivity index is 1.57. The lowest BCUT2D eigenvalue weighted by Crippen LogP contribution is -2.55. The third-order valence-electron chi connectivity index (χ3n) is 4.06. The fraction of sp³-hybridized carbons (Fsp3) is 0.615. The van der Waals surface area contributed by atoms with Gasteiger partial charge in [-0.25, -0.2) is 4.98 Å². The SMILES string of the molecule is COC(=O)C1CN(C(=O)C2CCc3nc[nH]c3C2)C1. The molecule has 1 aromatic rings. The Morgan fingerprint density at radius 2 is 2.21 bits per heavy atom. The topological polar surface area (TPSA) is 75.3 Å². The molecule has 19 heavy (non-hydrogen) atoms. The van der Waals surface area contributed by atoms with Crippen molar-refractivity contribution in [3.63, 3.8) is 0 Å². The van der Waals surface area contributed by atoms with Crippen LogP contribution in [0.25, 0.3) is 0 Å². The van der Waals surface area contributed by atoms with E-state index in [2.05, 4.69) is 14.7 Å². The van der Waals surface area contributed by atoms with Crippen LogP contribution in [0.15, 0.2) is 6.33 Å². The molecule has 1 atom stereocenters. The number of hydrogen-bond acceptors (Lipinski definition) is 4. The molecule has 1 saturated heterocycles. The number of fused-ring (bicyclic) bond motifs is 1. The van der Waals surface area contributed by atoms with Crippen LogP contribution in [0.1, 0.15) is 17.8 Å². The number of aromatic amines is 1. The highest BCUT2D eigenvalue weighted by Crippen LogP contribution is 2.27. The monoisotopic (exact) mass is 263 g/mol. The van der Waals surface area contributed by atoms with Crippen LogP contribution in [0.5, 0.6) is 0 Å². The minimum Gasteiger partial charge on any atom is -0.469 e. The largest absolute Gasteiger partial charge is 0.469 e. The van der Waals surface area contributed by atoms with Gasteiger partial charge in [-0.3, -0.25) is 9.59 Å². The minimum absolute atomic E-state index is 0.0200. The van der Waals surface area contributed by atoms with E-state index >= 15 is 0 Å². The number of carbonyl (C=O) groups is 2. The summed E-state index contributed by atoms with van der Waals surface area (Å²) in [4.78, 5) is 32.7. The maximum Gasteiger partial charge on any atom is 0.312 e. The number of carbonyl (C=O) groups excluding carboxylic acids is 2. The Bertz CT molecular complexity index is 505. The number of nitrogens with one attached hydrogen (secondary N) is 1. The summed E-state index contributed by atoms with van der Waals surface area (Å²) in [5.74, 6) is -0.184. The molecule has 0 saturated carbocycles. The van der Waals surface area contributed by atoms with Gasteiger partial charge in [0.25, 0.3) is 0 Å². The molecular formula is C13H17N3O3. The molecule has 102 valence electrons.